The highest BCUT2D eigenvalue weighted by Crippen LogP contribution is 2.30. The third kappa shape index (κ3) is 4.61. The molecule has 0 N–H and O–H groups in total. The number of pyridine rings is 2. The summed E-state index contributed by atoms with van der Waals surface area (Å²) < 4.78 is 3.70. The molecule has 0 aliphatic rings. The molecular formula is C27H34N6. The van der Waals surface area contributed by atoms with Gasteiger partial charge in [-0.1, -0.05) is 53.7 Å². The van der Waals surface area contributed by atoms with Gasteiger partial charge in [-0.3, -0.25) is 0 Å². The lowest BCUT2D eigenvalue weighted by Gasteiger charge is -2.24. The maximum Gasteiger partial charge on any atom is 0.153 e. The van der Waals surface area contributed by atoms with E-state index in [1.165, 1.54) is 11.1 Å². The number of rotatable bonds is 4. The van der Waals surface area contributed by atoms with Crippen LogP contribution in [0.2, 0.25) is 0 Å². The van der Waals surface area contributed by atoms with Gasteiger partial charge in [0.1, 0.15) is 0 Å². The smallest absolute Gasteiger partial charge is 0.153 e. The maximum absolute atomic E-state index is 4.96. The lowest BCUT2D eigenvalue weighted by atomic mass is 9.84. The molecular weight excluding hydrogens is 408 g/mol. The molecule has 0 atom stereocenters. The van der Waals surface area contributed by atoms with Gasteiger partial charge in [-0.15, -0.1) is 0 Å². The molecule has 0 bridgehead atoms. The molecule has 172 valence electrons. The Kier molecular flexibility index (Phi) is 5.51. The summed E-state index contributed by atoms with van der Waals surface area (Å²) in [7, 11) is 0. The van der Waals surface area contributed by atoms with Gasteiger partial charge >= 0.3 is 0 Å². The molecule has 4 aromatic rings. The summed E-state index contributed by atoms with van der Waals surface area (Å²) in [5.74, 6) is 1.60. The summed E-state index contributed by atoms with van der Waals surface area (Å²) in [6.07, 6.45) is 7.95. The maximum atomic E-state index is 4.96. The Bertz CT molecular complexity index is 1170. The quantitative estimate of drug-likeness (QED) is 0.403. The molecule has 4 aromatic heterocycles. The van der Waals surface area contributed by atoms with Gasteiger partial charge in [0, 0.05) is 17.8 Å². The van der Waals surface area contributed by atoms with E-state index in [1.807, 2.05) is 46.0 Å². The third-order valence-electron chi connectivity index (χ3n) is 6.12. The summed E-state index contributed by atoms with van der Waals surface area (Å²) in [5, 5.41) is 9.10. The fourth-order valence-electron chi connectivity index (χ4n) is 3.60. The van der Waals surface area contributed by atoms with E-state index in [1.54, 1.807) is 0 Å². The third-order valence-corrected chi connectivity index (χ3v) is 6.12. The highest BCUT2D eigenvalue weighted by atomic mass is 15.3. The van der Waals surface area contributed by atoms with E-state index < -0.39 is 5.41 Å². The number of nitrogens with zero attached hydrogens (tertiary/aromatic N) is 6. The topological polar surface area (TPSA) is 61.4 Å². The monoisotopic (exact) mass is 442 g/mol. The second kappa shape index (κ2) is 7.94. The first-order valence-corrected chi connectivity index (χ1v) is 11.4. The standard InChI is InChI=1S/C27H34N6/c1-25(2,3)19-15-28-32(17-19)23-13-9-11-21(30-23)27(7,8)22-12-10-14-24(31-22)33-18-20(16-29-33)26(4,5)6/h9-18H,1-8H3. The first-order chi connectivity index (χ1) is 15.4. The molecule has 0 saturated heterocycles. The van der Waals surface area contributed by atoms with E-state index in [0.29, 0.717) is 0 Å². The van der Waals surface area contributed by atoms with E-state index in [4.69, 9.17) is 9.97 Å². The predicted molar refractivity (Wildman–Crippen MR) is 132 cm³/mol. The minimum absolute atomic E-state index is 0.0405. The SMILES string of the molecule is CC(C)(C)c1cnn(-c2cccc(C(C)(C)c3cccc(-n4cc(C(C)(C)C)cn4)n3)n2)c1. The molecule has 0 aliphatic heterocycles. The van der Waals surface area contributed by atoms with Crippen molar-refractivity contribution in [1.29, 1.82) is 0 Å². The molecule has 0 saturated carbocycles. The van der Waals surface area contributed by atoms with Crippen LogP contribution < -0.4 is 0 Å². The van der Waals surface area contributed by atoms with Crippen LogP contribution in [0.1, 0.15) is 77.9 Å². The van der Waals surface area contributed by atoms with E-state index in [-0.39, 0.29) is 10.8 Å². The van der Waals surface area contributed by atoms with Crippen LogP contribution in [0.25, 0.3) is 11.6 Å². The van der Waals surface area contributed by atoms with E-state index in [2.05, 4.69) is 90.1 Å². The van der Waals surface area contributed by atoms with Crippen molar-refractivity contribution >= 4 is 0 Å². The molecule has 0 radical (unpaired) electrons. The second-order valence-electron chi connectivity index (χ2n) is 11.2. The van der Waals surface area contributed by atoms with Crippen LogP contribution in [0.3, 0.4) is 0 Å². The van der Waals surface area contributed by atoms with Crippen molar-refractivity contribution in [3.05, 3.63) is 83.7 Å². The van der Waals surface area contributed by atoms with Crippen LogP contribution in [-0.2, 0) is 16.2 Å². The summed E-state index contributed by atoms with van der Waals surface area (Å²) in [6.45, 7) is 17.4. The van der Waals surface area contributed by atoms with Crippen molar-refractivity contribution in [2.24, 2.45) is 0 Å². The molecule has 0 amide bonds. The minimum Gasteiger partial charge on any atom is -0.233 e. The van der Waals surface area contributed by atoms with Crippen LogP contribution in [0.15, 0.2) is 61.2 Å². The number of hydrogen-bond donors (Lipinski definition) is 0. The minimum atomic E-state index is -0.397. The Morgan fingerprint density at radius 3 is 1.30 bits per heavy atom. The highest BCUT2D eigenvalue weighted by Gasteiger charge is 2.28. The first-order valence-electron chi connectivity index (χ1n) is 11.4. The second-order valence-corrected chi connectivity index (χ2v) is 11.2. The average Bonchev–Trinajstić information content (AvgIpc) is 3.44. The largest absolute Gasteiger partial charge is 0.233 e. The summed E-state index contributed by atoms with van der Waals surface area (Å²) >= 11 is 0. The van der Waals surface area contributed by atoms with Crippen molar-refractivity contribution in [3.8, 4) is 11.6 Å². The molecule has 0 spiro atoms. The molecule has 4 rings (SSSR count). The van der Waals surface area contributed by atoms with Crippen LogP contribution in [0, 0.1) is 0 Å². The zero-order valence-electron chi connectivity index (χ0n) is 21.0. The van der Waals surface area contributed by atoms with Crippen LogP contribution in [0.5, 0.6) is 0 Å². The Morgan fingerprint density at radius 2 is 0.970 bits per heavy atom. The van der Waals surface area contributed by atoms with E-state index in [0.717, 1.165) is 23.0 Å². The molecule has 0 aliphatic carbocycles. The Hall–Kier alpha value is -3.28. The normalized spacial score (nSPS) is 12.8. The Balaban J connectivity index is 1.68. The molecule has 0 fully saturated rings. The molecule has 4 heterocycles. The Labute approximate surface area is 196 Å². The predicted octanol–water partition coefficient (Wildman–Crippen LogP) is 5.77. The van der Waals surface area contributed by atoms with Crippen LogP contribution >= 0.6 is 0 Å². The van der Waals surface area contributed by atoms with Crippen molar-refractivity contribution in [2.45, 2.75) is 71.6 Å². The number of aromatic nitrogens is 6. The average molecular weight is 443 g/mol. The van der Waals surface area contributed by atoms with Gasteiger partial charge in [0.05, 0.1) is 23.8 Å². The fraction of sp³-hybridized carbons (Fsp3) is 0.407. The van der Waals surface area contributed by atoms with Crippen molar-refractivity contribution < 1.29 is 0 Å². The number of hydrogen-bond acceptors (Lipinski definition) is 4. The molecule has 33 heavy (non-hydrogen) atoms. The van der Waals surface area contributed by atoms with Gasteiger partial charge < -0.3 is 0 Å². The summed E-state index contributed by atoms with van der Waals surface area (Å²) in [4.78, 5) is 9.93. The lowest BCUT2D eigenvalue weighted by Crippen LogP contribution is -2.23. The van der Waals surface area contributed by atoms with Gasteiger partial charge in [0.15, 0.2) is 11.6 Å². The van der Waals surface area contributed by atoms with Gasteiger partial charge in [0.25, 0.3) is 0 Å². The zero-order chi connectivity index (χ0) is 24.0. The first kappa shape index (κ1) is 22.9. The zero-order valence-corrected chi connectivity index (χ0v) is 21.0. The van der Waals surface area contributed by atoms with Crippen molar-refractivity contribution in [3.63, 3.8) is 0 Å². The molecule has 6 heteroatoms. The molecule has 0 unspecified atom stereocenters. The fourth-order valence-corrected chi connectivity index (χ4v) is 3.60. The Morgan fingerprint density at radius 1 is 0.576 bits per heavy atom. The van der Waals surface area contributed by atoms with Crippen LogP contribution in [0.4, 0.5) is 0 Å². The van der Waals surface area contributed by atoms with Gasteiger partial charge in [0.2, 0.25) is 0 Å². The van der Waals surface area contributed by atoms with Crippen molar-refractivity contribution in [2.75, 3.05) is 0 Å². The van der Waals surface area contributed by atoms with Crippen LogP contribution in [-0.4, -0.2) is 29.5 Å². The summed E-state index contributed by atoms with van der Waals surface area (Å²) in [5.41, 5.74) is 3.92. The van der Waals surface area contributed by atoms with E-state index >= 15 is 0 Å². The lowest BCUT2D eigenvalue weighted by molar-refractivity contribution is 0.585. The highest BCUT2D eigenvalue weighted by molar-refractivity contribution is 5.37. The van der Waals surface area contributed by atoms with Gasteiger partial charge in [-0.25, -0.2) is 19.3 Å². The van der Waals surface area contributed by atoms with Crippen molar-refractivity contribution in [1.82, 2.24) is 29.5 Å². The molecule has 6 nitrogen and oxygen atoms in total. The van der Waals surface area contributed by atoms with Gasteiger partial charge in [-0.05, 0) is 60.1 Å². The van der Waals surface area contributed by atoms with Gasteiger partial charge in [-0.2, -0.15) is 10.2 Å². The summed E-state index contributed by atoms with van der Waals surface area (Å²) in [6, 6.07) is 12.1. The molecule has 0 aromatic carbocycles. The van der Waals surface area contributed by atoms with E-state index in [9.17, 15) is 0 Å².